The van der Waals surface area contributed by atoms with Gasteiger partial charge >= 0.3 is 0 Å². The lowest BCUT2D eigenvalue weighted by Gasteiger charge is -2.40. The van der Waals surface area contributed by atoms with Crippen molar-refractivity contribution in [3.05, 3.63) is 18.2 Å². The lowest BCUT2D eigenvalue weighted by Crippen LogP contribution is -2.44. The number of hydrogen-bond donors (Lipinski definition) is 1. The molecule has 1 aliphatic carbocycles. The summed E-state index contributed by atoms with van der Waals surface area (Å²) in [6.07, 6.45) is 7.74. The first-order valence-corrected chi connectivity index (χ1v) is 6.98. The Balaban J connectivity index is 2.02. The maximum Gasteiger partial charge on any atom is 0.122 e. The molecule has 3 atom stereocenters. The summed E-state index contributed by atoms with van der Waals surface area (Å²) in [5.74, 6) is 2.60. The van der Waals surface area contributed by atoms with Gasteiger partial charge in [-0.15, -0.1) is 0 Å². The van der Waals surface area contributed by atoms with Crippen molar-refractivity contribution in [3.8, 4) is 0 Å². The fourth-order valence-corrected chi connectivity index (χ4v) is 3.12. The van der Waals surface area contributed by atoms with Gasteiger partial charge in [0.05, 0.1) is 6.54 Å². The van der Waals surface area contributed by atoms with Crippen molar-refractivity contribution in [1.29, 1.82) is 0 Å². The molecule has 0 aliphatic heterocycles. The lowest BCUT2D eigenvalue weighted by molar-refractivity contribution is 0.100. The maximum absolute atomic E-state index is 5.93. The van der Waals surface area contributed by atoms with Crippen LogP contribution in [0.4, 0.5) is 0 Å². The molecule has 1 heterocycles. The van der Waals surface area contributed by atoms with Crippen LogP contribution in [-0.4, -0.2) is 34.1 Å². The van der Waals surface area contributed by atoms with E-state index in [9.17, 15) is 0 Å². The topological polar surface area (TPSA) is 47.1 Å². The summed E-state index contributed by atoms with van der Waals surface area (Å²) >= 11 is 0. The minimum atomic E-state index is 0.607. The van der Waals surface area contributed by atoms with Gasteiger partial charge in [0.25, 0.3) is 0 Å². The van der Waals surface area contributed by atoms with Crippen molar-refractivity contribution in [2.45, 2.75) is 38.8 Å². The van der Waals surface area contributed by atoms with Crippen molar-refractivity contribution in [2.75, 3.05) is 13.6 Å². The molecule has 18 heavy (non-hydrogen) atoms. The summed E-state index contributed by atoms with van der Waals surface area (Å²) in [6, 6.07) is 0.607. The van der Waals surface area contributed by atoms with Crippen LogP contribution in [0.5, 0.6) is 0 Å². The van der Waals surface area contributed by atoms with E-state index in [0.717, 1.165) is 24.8 Å². The second-order valence-electron chi connectivity index (χ2n) is 5.85. The molecule has 4 heteroatoms. The molecule has 0 amide bonds. The Morgan fingerprint density at radius 1 is 1.50 bits per heavy atom. The largest absolute Gasteiger partial charge is 0.337 e. The zero-order chi connectivity index (χ0) is 13.1. The van der Waals surface area contributed by atoms with Gasteiger partial charge in [0, 0.05) is 25.5 Å². The van der Waals surface area contributed by atoms with Gasteiger partial charge in [-0.2, -0.15) is 0 Å². The normalized spacial score (nSPS) is 28.8. The summed E-state index contributed by atoms with van der Waals surface area (Å²) in [4.78, 5) is 6.85. The van der Waals surface area contributed by atoms with E-state index in [1.165, 1.54) is 19.3 Å². The van der Waals surface area contributed by atoms with E-state index in [4.69, 9.17) is 5.73 Å². The highest BCUT2D eigenvalue weighted by atomic mass is 15.2. The number of nitrogens with zero attached hydrogens (tertiary/aromatic N) is 3. The molecule has 1 aliphatic rings. The average molecular weight is 250 g/mol. The Hall–Kier alpha value is -0.870. The van der Waals surface area contributed by atoms with Crippen molar-refractivity contribution in [3.63, 3.8) is 0 Å². The number of aromatic nitrogens is 2. The summed E-state index contributed by atoms with van der Waals surface area (Å²) in [7, 11) is 4.26. The molecule has 0 spiro atoms. The Labute approximate surface area is 110 Å². The van der Waals surface area contributed by atoms with E-state index < -0.39 is 0 Å². The van der Waals surface area contributed by atoms with Crippen LogP contribution in [0, 0.1) is 11.8 Å². The first-order chi connectivity index (χ1) is 8.61. The summed E-state index contributed by atoms with van der Waals surface area (Å²) in [6.45, 7) is 4.08. The van der Waals surface area contributed by atoms with E-state index in [1.54, 1.807) is 0 Å². The average Bonchev–Trinajstić information content (AvgIpc) is 2.75. The van der Waals surface area contributed by atoms with Gasteiger partial charge < -0.3 is 10.3 Å². The van der Waals surface area contributed by atoms with E-state index in [1.807, 2.05) is 12.4 Å². The zero-order valence-electron chi connectivity index (χ0n) is 11.8. The number of nitrogens with two attached hydrogens (primary N) is 1. The molecule has 1 saturated carbocycles. The third-order valence-corrected chi connectivity index (χ3v) is 4.40. The third-order valence-electron chi connectivity index (χ3n) is 4.40. The first kappa shape index (κ1) is 13.6. The van der Waals surface area contributed by atoms with Crippen LogP contribution in [0.25, 0.3) is 0 Å². The first-order valence-electron chi connectivity index (χ1n) is 6.98. The zero-order valence-corrected chi connectivity index (χ0v) is 11.8. The Morgan fingerprint density at radius 2 is 2.28 bits per heavy atom. The monoisotopic (exact) mass is 250 g/mol. The fraction of sp³-hybridized carbons (Fsp3) is 0.786. The maximum atomic E-state index is 5.93. The van der Waals surface area contributed by atoms with Crippen LogP contribution in [0.15, 0.2) is 12.4 Å². The molecular formula is C14H26N4. The molecule has 0 aromatic carbocycles. The Kier molecular flexibility index (Phi) is 4.40. The van der Waals surface area contributed by atoms with Crippen molar-refractivity contribution < 1.29 is 0 Å². The number of imidazole rings is 1. The van der Waals surface area contributed by atoms with Gasteiger partial charge in [0.15, 0.2) is 0 Å². The summed E-state index contributed by atoms with van der Waals surface area (Å²) < 4.78 is 2.10. The number of rotatable bonds is 4. The highest BCUT2D eigenvalue weighted by molar-refractivity contribution is 4.93. The van der Waals surface area contributed by atoms with Crippen LogP contribution in [-0.2, 0) is 13.6 Å². The number of aryl methyl sites for hydroxylation is 1. The van der Waals surface area contributed by atoms with Crippen LogP contribution in [0.2, 0.25) is 0 Å². The van der Waals surface area contributed by atoms with Gasteiger partial charge in [0.2, 0.25) is 0 Å². The van der Waals surface area contributed by atoms with E-state index in [2.05, 4.69) is 35.5 Å². The SMILES string of the molecule is CC1CCC(CN)C(N(C)Cc2nccn2C)C1. The predicted molar refractivity (Wildman–Crippen MR) is 74.0 cm³/mol. The van der Waals surface area contributed by atoms with Gasteiger partial charge in [-0.05, 0) is 38.3 Å². The van der Waals surface area contributed by atoms with Crippen LogP contribution in [0.1, 0.15) is 32.0 Å². The van der Waals surface area contributed by atoms with Crippen LogP contribution < -0.4 is 5.73 Å². The van der Waals surface area contributed by atoms with Gasteiger partial charge in [-0.1, -0.05) is 13.3 Å². The van der Waals surface area contributed by atoms with E-state index in [-0.39, 0.29) is 0 Å². The molecule has 102 valence electrons. The van der Waals surface area contributed by atoms with Crippen LogP contribution >= 0.6 is 0 Å². The number of hydrogen-bond acceptors (Lipinski definition) is 3. The second kappa shape index (κ2) is 5.85. The van der Waals surface area contributed by atoms with Gasteiger partial charge in [-0.3, -0.25) is 4.90 Å². The van der Waals surface area contributed by atoms with Crippen molar-refractivity contribution >= 4 is 0 Å². The summed E-state index contributed by atoms with van der Waals surface area (Å²) in [5, 5.41) is 0. The Morgan fingerprint density at radius 3 is 2.89 bits per heavy atom. The molecule has 4 nitrogen and oxygen atoms in total. The third kappa shape index (κ3) is 2.93. The second-order valence-corrected chi connectivity index (χ2v) is 5.85. The van der Waals surface area contributed by atoms with E-state index >= 15 is 0 Å². The highest BCUT2D eigenvalue weighted by Gasteiger charge is 2.30. The fourth-order valence-electron chi connectivity index (χ4n) is 3.12. The van der Waals surface area contributed by atoms with Crippen molar-refractivity contribution in [1.82, 2.24) is 14.5 Å². The quantitative estimate of drug-likeness (QED) is 0.883. The van der Waals surface area contributed by atoms with Gasteiger partial charge in [-0.25, -0.2) is 4.98 Å². The minimum absolute atomic E-state index is 0.607. The minimum Gasteiger partial charge on any atom is -0.337 e. The molecule has 0 saturated heterocycles. The molecule has 1 aromatic heterocycles. The standard InChI is InChI=1S/C14H26N4/c1-11-4-5-12(9-15)13(8-11)18(3)10-14-16-6-7-17(14)2/h6-7,11-13H,4-5,8-10,15H2,1-3H3. The lowest BCUT2D eigenvalue weighted by atomic mass is 9.78. The van der Waals surface area contributed by atoms with Crippen LogP contribution in [0.3, 0.4) is 0 Å². The molecule has 3 unspecified atom stereocenters. The highest BCUT2D eigenvalue weighted by Crippen LogP contribution is 2.31. The molecule has 1 fully saturated rings. The Bertz CT molecular complexity index is 374. The molecule has 2 N–H and O–H groups in total. The van der Waals surface area contributed by atoms with E-state index in [0.29, 0.717) is 12.0 Å². The smallest absolute Gasteiger partial charge is 0.122 e. The van der Waals surface area contributed by atoms with Crippen molar-refractivity contribution in [2.24, 2.45) is 24.6 Å². The molecule has 0 bridgehead atoms. The summed E-state index contributed by atoms with van der Waals surface area (Å²) in [5.41, 5.74) is 5.93. The molecule has 1 aromatic rings. The molecular weight excluding hydrogens is 224 g/mol. The van der Waals surface area contributed by atoms with Gasteiger partial charge in [0.1, 0.15) is 5.82 Å². The molecule has 0 radical (unpaired) electrons. The molecule has 2 rings (SSSR count). The predicted octanol–water partition coefficient (Wildman–Crippen LogP) is 1.62.